The molecule has 1 atom stereocenters. The molecule has 0 saturated carbocycles. The molecular weight excluding hydrogens is 454 g/mol. The first-order valence-corrected chi connectivity index (χ1v) is 13.3. The number of methoxy groups -OCH3 is 1. The number of sulfonamides is 1. The zero-order valence-corrected chi connectivity index (χ0v) is 20.8. The maximum atomic E-state index is 13.0. The van der Waals surface area contributed by atoms with Crippen molar-refractivity contribution in [1.82, 2.24) is 4.72 Å². The molecule has 8 heteroatoms. The van der Waals surface area contributed by atoms with Crippen molar-refractivity contribution in [2.75, 3.05) is 7.11 Å². The summed E-state index contributed by atoms with van der Waals surface area (Å²) < 4.78 is 33.5. The van der Waals surface area contributed by atoms with Crippen molar-refractivity contribution in [2.24, 2.45) is 5.92 Å². The molecule has 31 heavy (non-hydrogen) atoms. The number of carbonyl (C=O) groups excluding carboxylic acids is 1. The predicted octanol–water partition coefficient (Wildman–Crippen LogP) is 6.13. The van der Waals surface area contributed by atoms with Gasteiger partial charge in [0.1, 0.15) is 0 Å². The summed E-state index contributed by atoms with van der Waals surface area (Å²) in [5.74, 6) is 0.419. The Hall–Kier alpha value is -1.41. The fourth-order valence-electron chi connectivity index (χ4n) is 3.25. The van der Waals surface area contributed by atoms with Crippen molar-refractivity contribution in [2.45, 2.75) is 69.7 Å². The molecule has 5 nitrogen and oxygen atoms in total. The minimum Gasteiger partial charge on any atom is -0.469 e. The number of hydrogen-bond donors (Lipinski definition) is 1. The minimum absolute atomic E-state index is 0.207. The van der Waals surface area contributed by atoms with Crippen LogP contribution in [0.15, 0.2) is 41.3 Å². The Balaban J connectivity index is 2.11. The third-order valence-electron chi connectivity index (χ3n) is 5.00. The number of aryl methyl sites for hydroxylation is 1. The Bertz CT molecular complexity index is 923. The second-order valence-electron chi connectivity index (χ2n) is 8.04. The molecule has 0 saturated heterocycles. The number of esters is 1. The number of rotatable bonds is 13. The second kappa shape index (κ2) is 12.6. The van der Waals surface area contributed by atoms with Crippen LogP contribution >= 0.6 is 22.9 Å². The van der Waals surface area contributed by atoms with Gasteiger partial charge in [0.05, 0.1) is 18.0 Å². The molecule has 0 spiro atoms. The highest BCUT2D eigenvalue weighted by Crippen LogP contribution is 2.30. The maximum absolute atomic E-state index is 13.0. The summed E-state index contributed by atoms with van der Waals surface area (Å²) in [6, 6.07) is 9.94. The molecule has 0 bridgehead atoms. The summed E-state index contributed by atoms with van der Waals surface area (Å²) in [5.41, 5.74) is 0. The zero-order chi connectivity index (χ0) is 22.9. The lowest BCUT2D eigenvalue weighted by Crippen LogP contribution is -2.28. The van der Waals surface area contributed by atoms with Crippen LogP contribution in [0.1, 0.15) is 68.2 Å². The van der Waals surface area contributed by atoms with Crippen molar-refractivity contribution in [3.8, 4) is 0 Å². The summed E-state index contributed by atoms with van der Waals surface area (Å²) in [7, 11) is -2.27. The zero-order valence-electron chi connectivity index (χ0n) is 18.4. The summed E-state index contributed by atoms with van der Waals surface area (Å²) in [4.78, 5) is 13.7. The standard InChI is InChI=1S/C23H32ClNO4S2/c1-17(2)7-4-5-9-21(25-31(27,28)20-14-11-18(24)12-15-20)22-16-13-19(30-22)8-6-10-23(26)29-3/h11-17,21,25H,4-10H2,1-3H3. The molecule has 172 valence electrons. The molecule has 1 heterocycles. The lowest BCUT2D eigenvalue weighted by Gasteiger charge is -2.18. The molecule has 1 unspecified atom stereocenters. The fraction of sp³-hybridized carbons (Fsp3) is 0.522. The smallest absolute Gasteiger partial charge is 0.305 e. The Labute approximate surface area is 195 Å². The molecule has 1 aromatic heterocycles. The number of unbranched alkanes of at least 4 members (excludes halogenated alkanes) is 1. The quantitative estimate of drug-likeness (QED) is 0.273. The van der Waals surface area contributed by atoms with Crippen LogP contribution in [0.5, 0.6) is 0 Å². The molecule has 1 N–H and O–H groups in total. The number of thiophene rings is 1. The van der Waals surface area contributed by atoms with E-state index in [0.717, 1.165) is 41.9 Å². The van der Waals surface area contributed by atoms with E-state index in [1.807, 2.05) is 12.1 Å². The van der Waals surface area contributed by atoms with Crippen LogP contribution in [0.25, 0.3) is 0 Å². The summed E-state index contributed by atoms with van der Waals surface area (Å²) in [5, 5.41) is 0.499. The van der Waals surface area contributed by atoms with E-state index in [2.05, 4.69) is 23.3 Å². The van der Waals surface area contributed by atoms with Crippen molar-refractivity contribution in [3.63, 3.8) is 0 Å². The monoisotopic (exact) mass is 485 g/mol. The van der Waals surface area contributed by atoms with Gasteiger partial charge in [-0.3, -0.25) is 4.79 Å². The van der Waals surface area contributed by atoms with Gasteiger partial charge in [0.2, 0.25) is 10.0 Å². The summed E-state index contributed by atoms with van der Waals surface area (Å²) >= 11 is 7.51. The van der Waals surface area contributed by atoms with E-state index in [1.54, 1.807) is 23.5 Å². The van der Waals surface area contributed by atoms with E-state index in [4.69, 9.17) is 11.6 Å². The summed E-state index contributed by atoms with van der Waals surface area (Å²) in [6.07, 6.45) is 5.73. The van der Waals surface area contributed by atoms with Crippen LogP contribution in [-0.4, -0.2) is 21.5 Å². The fourth-order valence-corrected chi connectivity index (χ4v) is 5.85. The van der Waals surface area contributed by atoms with E-state index in [1.165, 1.54) is 19.2 Å². The molecule has 0 aliphatic rings. The van der Waals surface area contributed by atoms with Gasteiger partial charge in [0, 0.05) is 21.2 Å². The Morgan fingerprint density at radius 2 is 1.74 bits per heavy atom. The number of nitrogens with one attached hydrogen (secondary N) is 1. The molecule has 0 amide bonds. The minimum atomic E-state index is -3.66. The molecule has 0 aliphatic heterocycles. The molecular formula is C23H32ClNO4S2. The number of ether oxygens (including phenoxy) is 1. The highest BCUT2D eigenvalue weighted by atomic mass is 35.5. The van der Waals surface area contributed by atoms with E-state index in [-0.39, 0.29) is 16.9 Å². The first-order chi connectivity index (χ1) is 14.7. The SMILES string of the molecule is COC(=O)CCCc1ccc(C(CCCCC(C)C)NS(=O)(=O)c2ccc(Cl)cc2)s1. The molecule has 1 aromatic carbocycles. The lowest BCUT2D eigenvalue weighted by atomic mass is 10.0. The van der Waals surface area contributed by atoms with Gasteiger partial charge in [-0.1, -0.05) is 44.7 Å². The van der Waals surface area contributed by atoms with Crippen molar-refractivity contribution in [1.29, 1.82) is 0 Å². The third kappa shape index (κ3) is 8.93. The highest BCUT2D eigenvalue weighted by Gasteiger charge is 2.22. The molecule has 0 aliphatic carbocycles. The normalized spacial score (nSPS) is 12.8. The van der Waals surface area contributed by atoms with Crippen molar-refractivity contribution >= 4 is 38.9 Å². The first-order valence-electron chi connectivity index (χ1n) is 10.6. The van der Waals surface area contributed by atoms with Crippen LogP contribution in [0.2, 0.25) is 5.02 Å². The van der Waals surface area contributed by atoms with Gasteiger partial charge in [-0.25, -0.2) is 13.1 Å². The molecule has 0 fully saturated rings. The van der Waals surface area contributed by atoms with Gasteiger partial charge in [-0.15, -0.1) is 11.3 Å². The van der Waals surface area contributed by atoms with Gasteiger partial charge in [-0.2, -0.15) is 0 Å². The maximum Gasteiger partial charge on any atom is 0.305 e. The number of hydrogen-bond acceptors (Lipinski definition) is 5. The van der Waals surface area contributed by atoms with Crippen LogP contribution in [0.4, 0.5) is 0 Å². The molecule has 2 rings (SSSR count). The van der Waals surface area contributed by atoms with E-state index < -0.39 is 10.0 Å². The number of benzene rings is 1. The molecule has 2 aromatic rings. The number of carbonyl (C=O) groups is 1. The van der Waals surface area contributed by atoms with Gasteiger partial charge in [0.25, 0.3) is 0 Å². The van der Waals surface area contributed by atoms with Gasteiger partial charge in [0.15, 0.2) is 0 Å². The summed E-state index contributed by atoms with van der Waals surface area (Å²) in [6.45, 7) is 4.39. The van der Waals surface area contributed by atoms with E-state index in [0.29, 0.717) is 23.8 Å². The largest absolute Gasteiger partial charge is 0.469 e. The van der Waals surface area contributed by atoms with Crippen LogP contribution in [0.3, 0.4) is 0 Å². The average Bonchev–Trinajstić information content (AvgIpc) is 3.19. The van der Waals surface area contributed by atoms with Crippen molar-refractivity contribution in [3.05, 3.63) is 51.2 Å². The predicted molar refractivity (Wildman–Crippen MR) is 127 cm³/mol. The van der Waals surface area contributed by atoms with E-state index in [9.17, 15) is 13.2 Å². The second-order valence-corrected chi connectivity index (χ2v) is 11.4. The van der Waals surface area contributed by atoms with Crippen LogP contribution < -0.4 is 4.72 Å². The van der Waals surface area contributed by atoms with Crippen LogP contribution in [0, 0.1) is 5.92 Å². The Kier molecular flexibility index (Phi) is 10.5. The highest BCUT2D eigenvalue weighted by molar-refractivity contribution is 7.89. The Morgan fingerprint density at radius 3 is 2.39 bits per heavy atom. The van der Waals surface area contributed by atoms with Gasteiger partial charge in [-0.05, 0) is 61.6 Å². The average molecular weight is 486 g/mol. The van der Waals surface area contributed by atoms with Crippen LogP contribution in [-0.2, 0) is 26.0 Å². The van der Waals surface area contributed by atoms with Gasteiger partial charge >= 0.3 is 5.97 Å². The molecule has 0 radical (unpaired) electrons. The van der Waals surface area contributed by atoms with E-state index >= 15 is 0 Å². The lowest BCUT2D eigenvalue weighted by molar-refractivity contribution is -0.140. The topological polar surface area (TPSA) is 72.5 Å². The van der Waals surface area contributed by atoms with Crippen molar-refractivity contribution < 1.29 is 17.9 Å². The van der Waals surface area contributed by atoms with Gasteiger partial charge < -0.3 is 4.74 Å². The first kappa shape index (κ1) is 25.8. The third-order valence-corrected chi connectivity index (χ3v) is 8.00. The Morgan fingerprint density at radius 1 is 1.06 bits per heavy atom. The number of halogens is 1.